The Labute approximate surface area is 93.1 Å². The third-order valence-corrected chi connectivity index (χ3v) is 2.49. The van der Waals surface area contributed by atoms with Crippen molar-refractivity contribution in [2.24, 2.45) is 0 Å². The third kappa shape index (κ3) is 1.90. The molecule has 1 fully saturated rings. The fourth-order valence-corrected chi connectivity index (χ4v) is 1.66. The van der Waals surface area contributed by atoms with E-state index in [4.69, 9.17) is 10.00 Å². The van der Waals surface area contributed by atoms with Gasteiger partial charge in [0.15, 0.2) is 0 Å². The Hall–Kier alpha value is -1.87. The van der Waals surface area contributed by atoms with E-state index in [1.54, 1.807) is 17.2 Å². The number of hydrogen-bond acceptors (Lipinski definition) is 6. The SMILES string of the molecule is COc1ccnc(N2CC(O)(CC#N)C2)n1. The molecule has 1 aromatic rings. The fourth-order valence-electron chi connectivity index (χ4n) is 1.66. The summed E-state index contributed by atoms with van der Waals surface area (Å²) in [4.78, 5) is 10.0. The summed E-state index contributed by atoms with van der Waals surface area (Å²) in [6, 6.07) is 3.62. The number of anilines is 1. The van der Waals surface area contributed by atoms with Gasteiger partial charge < -0.3 is 14.7 Å². The van der Waals surface area contributed by atoms with Crippen molar-refractivity contribution < 1.29 is 9.84 Å². The first-order valence-electron chi connectivity index (χ1n) is 4.88. The zero-order chi connectivity index (χ0) is 11.6. The van der Waals surface area contributed by atoms with Gasteiger partial charge in [-0.1, -0.05) is 0 Å². The van der Waals surface area contributed by atoms with Gasteiger partial charge in [0.25, 0.3) is 0 Å². The molecule has 0 amide bonds. The summed E-state index contributed by atoms with van der Waals surface area (Å²) in [7, 11) is 1.54. The lowest BCUT2D eigenvalue weighted by Gasteiger charge is -2.45. The number of nitriles is 1. The molecule has 1 aliphatic rings. The molecule has 0 atom stereocenters. The van der Waals surface area contributed by atoms with Gasteiger partial charge in [-0.15, -0.1) is 0 Å². The van der Waals surface area contributed by atoms with Crippen LogP contribution in [0.5, 0.6) is 5.88 Å². The van der Waals surface area contributed by atoms with Gasteiger partial charge in [-0.2, -0.15) is 10.2 Å². The highest BCUT2D eigenvalue weighted by Gasteiger charge is 2.42. The highest BCUT2D eigenvalue weighted by molar-refractivity contribution is 5.38. The van der Waals surface area contributed by atoms with Gasteiger partial charge in [-0.3, -0.25) is 0 Å². The van der Waals surface area contributed by atoms with Crippen LogP contribution >= 0.6 is 0 Å². The molecule has 2 rings (SSSR count). The van der Waals surface area contributed by atoms with Gasteiger partial charge in [0.1, 0.15) is 5.60 Å². The Morgan fingerprint density at radius 1 is 1.69 bits per heavy atom. The molecule has 0 bridgehead atoms. The van der Waals surface area contributed by atoms with E-state index in [-0.39, 0.29) is 6.42 Å². The molecule has 0 radical (unpaired) electrons. The zero-order valence-electron chi connectivity index (χ0n) is 8.92. The molecule has 16 heavy (non-hydrogen) atoms. The van der Waals surface area contributed by atoms with E-state index in [0.29, 0.717) is 24.9 Å². The Bertz CT molecular complexity index is 423. The smallest absolute Gasteiger partial charge is 0.228 e. The maximum atomic E-state index is 9.82. The maximum absolute atomic E-state index is 9.82. The molecule has 0 unspecified atom stereocenters. The molecular formula is C10H12N4O2. The number of aliphatic hydroxyl groups is 1. The lowest BCUT2D eigenvalue weighted by Crippen LogP contribution is -2.62. The van der Waals surface area contributed by atoms with Gasteiger partial charge in [-0.05, 0) is 0 Å². The number of hydrogen-bond donors (Lipinski definition) is 1. The minimum absolute atomic E-state index is 0.132. The number of ether oxygens (including phenoxy) is 1. The monoisotopic (exact) mass is 220 g/mol. The van der Waals surface area contributed by atoms with Crippen molar-refractivity contribution in [3.63, 3.8) is 0 Å². The van der Waals surface area contributed by atoms with Gasteiger partial charge in [0.2, 0.25) is 11.8 Å². The highest BCUT2D eigenvalue weighted by atomic mass is 16.5. The average molecular weight is 220 g/mol. The van der Waals surface area contributed by atoms with E-state index >= 15 is 0 Å². The average Bonchev–Trinajstić information content (AvgIpc) is 2.26. The molecule has 84 valence electrons. The number of β-amino-alcohol motifs (C(OH)–C–C–N with tert-alkyl or cyclic N) is 1. The van der Waals surface area contributed by atoms with E-state index in [1.807, 2.05) is 6.07 Å². The molecule has 6 heteroatoms. The Morgan fingerprint density at radius 2 is 2.44 bits per heavy atom. The molecule has 1 N–H and O–H groups in total. The van der Waals surface area contributed by atoms with Crippen LogP contribution in [0.25, 0.3) is 0 Å². The van der Waals surface area contributed by atoms with Crippen LogP contribution in [0.1, 0.15) is 6.42 Å². The van der Waals surface area contributed by atoms with Crippen LogP contribution in [0.2, 0.25) is 0 Å². The zero-order valence-corrected chi connectivity index (χ0v) is 8.92. The van der Waals surface area contributed by atoms with Crippen LogP contribution < -0.4 is 9.64 Å². The highest BCUT2D eigenvalue weighted by Crippen LogP contribution is 2.27. The molecule has 1 aliphatic heterocycles. The quantitative estimate of drug-likeness (QED) is 0.769. The van der Waals surface area contributed by atoms with Crippen molar-refractivity contribution in [2.75, 3.05) is 25.1 Å². The summed E-state index contributed by atoms with van der Waals surface area (Å²) in [5.74, 6) is 1.00. The summed E-state index contributed by atoms with van der Waals surface area (Å²) >= 11 is 0. The second-order valence-corrected chi connectivity index (χ2v) is 3.81. The summed E-state index contributed by atoms with van der Waals surface area (Å²) in [5, 5.41) is 18.3. The second-order valence-electron chi connectivity index (χ2n) is 3.81. The largest absolute Gasteiger partial charge is 0.481 e. The molecule has 0 aliphatic carbocycles. The first-order chi connectivity index (χ1) is 7.67. The lowest BCUT2D eigenvalue weighted by molar-refractivity contribution is 0.0156. The van der Waals surface area contributed by atoms with Gasteiger partial charge in [0, 0.05) is 12.3 Å². The summed E-state index contributed by atoms with van der Waals surface area (Å²) in [6.45, 7) is 0.765. The van der Waals surface area contributed by atoms with Crippen molar-refractivity contribution in [3.05, 3.63) is 12.3 Å². The number of nitrogens with zero attached hydrogens (tertiary/aromatic N) is 4. The standard InChI is InChI=1S/C10H12N4O2/c1-16-8-2-5-12-9(13-8)14-6-10(15,7-14)3-4-11/h2,5,15H,3,6-7H2,1H3. The van der Waals surface area contributed by atoms with E-state index in [9.17, 15) is 5.11 Å². The number of methoxy groups -OCH3 is 1. The van der Waals surface area contributed by atoms with Gasteiger partial charge in [0.05, 0.1) is 32.7 Å². The molecule has 0 saturated carbocycles. The van der Waals surface area contributed by atoms with Gasteiger partial charge in [-0.25, -0.2) is 4.98 Å². The molecule has 2 heterocycles. The number of rotatable bonds is 3. The van der Waals surface area contributed by atoms with Gasteiger partial charge >= 0.3 is 0 Å². The minimum atomic E-state index is -0.915. The number of aromatic nitrogens is 2. The summed E-state index contributed by atoms with van der Waals surface area (Å²) in [5.41, 5.74) is -0.915. The fraction of sp³-hybridized carbons (Fsp3) is 0.500. The van der Waals surface area contributed by atoms with E-state index in [0.717, 1.165) is 0 Å². The van der Waals surface area contributed by atoms with Crippen molar-refractivity contribution in [3.8, 4) is 11.9 Å². The Kier molecular flexibility index (Phi) is 2.62. The van der Waals surface area contributed by atoms with Crippen molar-refractivity contribution in [2.45, 2.75) is 12.0 Å². The topological polar surface area (TPSA) is 82.3 Å². The second kappa shape index (κ2) is 3.94. The van der Waals surface area contributed by atoms with E-state index in [1.165, 1.54) is 7.11 Å². The Balaban J connectivity index is 2.04. The predicted molar refractivity (Wildman–Crippen MR) is 56.0 cm³/mol. The molecule has 1 saturated heterocycles. The summed E-state index contributed by atoms with van der Waals surface area (Å²) < 4.78 is 4.98. The molecule has 0 spiro atoms. The molecular weight excluding hydrogens is 208 g/mol. The molecule has 1 aromatic heterocycles. The van der Waals surface area contributed by atoms with E-state index < -0.39 is 5.60 Å². The minimum Gasteiger partial charge on any atom is -0.481 e. The van der Waals surface area contributed by atoms with Crippen LogP contribution in [0, 0.1) is 11.3 Å². The van der Waals surface area contributed by atoms with Crippen LogP contribution in [0.3, 0.4) is 0 Å². The van der Waals surface area contributed by atoms with Crippen LogP contribution in [0.15, 0.2) is 12.3 Å². The third-order valence-electron chi connectivity index (χ3n) is 2.49. The normalized spacial score (nSPS) is 17.4. The van der Waals surface area contributed by atoms with Crippen LogP contribution in [-0.2, 0) is 0 Å². The first kappa shape index (κ1) is 10.6. The molecule has 0 aromatic carbocycles. The van der Waals surface area contributed by atoms with Crippen molar-refractivity contribution >= 4 is 5.95 Å². The van der Waals surface area contributed by atoms with Crippen LogP contribution in [0.4, 0.5) is 5.95 Å². The first-order valence-corrected chi connectivity index (χ1v) is 4.88. The van der Waals surface area contributed by atoms with E-state index in [2.05, 4.69) is 9.97 Å². The molecule has 6 nitrogen and oxygen atoms in total. The lowest BCUT2D eigenvalue weighted by atomic mass is 9.92. The Morgan fingerprint density at radius 3 is 3.06 bits per heavy atom. The predicted octanol–water partition coefficient (Wildman–Crippen LogP) is -0.0500. The summed E-state index contributed by atoms with van der Waals surface area (Å²) in [6.07, 6.45) is 1.73. The van der Waals surface area contributed by atoms with Crippen molar-refractivity contribution in [1.82, 2.24) is 9.97 Å². The maximum Gasteiger partial charge on any atom is 0.228 e. The van der Waals surface area contributed by atoms with Crippen molar-refractivity contribution in [1.29, 1.82) is 5.26 Å². The van der Waals surface area contributed by atoms with Crippen LogP contribution in [-0.4, -0.2) is 40.9 Å².